The van der Waals surface area contributed by atoms with Crippen LogP contribution >= 0.6 is 0 Å². The highest BCUT2D eigenvalue weighted by atomic mass is 14.9. The zero-order valence-electron chi connectivity index (χ0n) is 20.0. The average molecular weight is 432 g/mol. The van der Waals surface area contributed by atoms with Crippen LogP contribution in [0.25, 0.3) is 0 Å². The SMILES string of the molecule is C1CCNC1.C1CCNC1.C1CCNCC1.C1CCNCC1.c1ccc2c(c1)CNC2. The van der Waals surface area contributed by atoms with Crippen LogP contribution in [0.15, 0.2) is 24.3 Å². The third-order valence-corrected chi connectivity index (χ3v) is 6.08. The Bertz CT molecular complexity index is 423. The van der Waals surface area contributed by atoms with Crippen LogP contribution in [-0.2, 0) is 13.1 Å². The second kappa shape index (κ2) is 19.7. The van der Waals surface area contributed by atoms with Crippen molar-refractivity contribution in [3.8, 4) is 0 Å². The summed E-state index contributed by atoms with van der Waals surface area (Å²) >= 11 is 0. The van der Waals surface area contributed by atoms with Gasteiger partial charge in [0.05, 0.1) is 0 Å². The van der Waals surface area contributed by atoms with Gasteiger partial charge in [-0.25, -0.2) is 0 Å². The Kier molecular flexibility index (Phi) is 16.7. The molecule has 178 valence electrons. The van der Waals surface area contributed by atoms with E-state index in [1.54, 1.807) is 0 Å². The van der Waals surface area contributed by atoms with Crippen molar-refractivity contribution in [3.05, 3.63) is 35.4 Å². The van der Waals surface area contributed by atoms with Gasteiger partial charge in [0.15, 0.2) is 0 Å². The maximum atomic E-state index is 3.29. The van der Waals surface area contributed by atoms with Crippen molar-refractivity contribution < 1.29 is 0 Å². The first kappa shape index (κ1) is 26.3. The summed E-state index contributed by atoms with van der Waals surface area (Å²) in [5.41, 5.74) is 2.91. The minimum atomic E-state index is 1.05. The van der Waals surface area contributed by atoms with Crippen molar-refractivity contribution in [3.63, 3.8) is 0 Å². The molecular weight excluding hydrogens is 382 g/mol. The minimum Gasteiger partial charge on any atom is -0.317 e. The fraction of sp³-hybridized carbons (Fsp3) is 0.769. The Balaban J connectivity index is 0.000000141. The van der Waals surface area contributed by atoms with E-state index >= 15 is 0 Å². The normalized spacial score (nSPS) is 21.5. The van der Waals surface area contributed by atoms with Crippen LogP contribution in [0.1, 0.15) is 75.3 Å². The molecule has 0 saturated carbocycles. The van der Waals surface area contributed by atoms with E-state index in [9.17, 15) is 0 Å². The lowest BCUT2D eigenvalue weighted by atomic mass is 10.1. The number of piperidine rings is 2. The lowest BCUT2D eigenvalue weighted by Crippen LogP contribution is -2.21. The Morgan fingerprint density at radius 2 is 0.645 bits per heavy atom. The molecule has 6 rings (SSSR count). The van der Waals surface area contributed by atoms with Crippen LogP contribution in [-0.4, -0.2) is 52.4 Å². The first-order valence-corrected chi connectivity index (χ1v) is 13.1. The molecule has 5 heterocycles. The summed E-state index contributed by atoms with van der Waals surface area (Å²) in [4.78, 5) is 0. The van der Waals surface area contributed by atoms with Crippen LogP contribution in [0, 0.1) is 0 Å². The molecule has 0 amide bonds. The molecule has 5 nitrogen and oxygen atoms in total. The molecular formula is C26H49N5. The Hall–Kier alpha value is -0.980. The van der Waals surface area contributed by atoms with Gasteiger partial charge < -0.3 is 26.6 Å². The molecule has 0 aromatic heterocycles. The molecule has 0 spiro atoms. The number of hydrogen-bond acceptors (Lipinski definition) is 5. The van der Waals surface area contributed by atoms with Crippen LogP contribution in [0.4, 0.5) is 0 Å². The Morgan fingerprint density at radius 1 is 0.355 bits per heavy atom. The molecule has 5 aliphatic rings. The van der Waals surface area contributed by atoms with Gasteiger partial charge in [0.2, 0.25) is 0 Å². The van der Waals surface area contributed by atoms with E-state index in [2.05, 4.69) is 50.8 Å². The monoisotopic (exact) mass is 431 g/mol. The van der Waals surface area contributed by atoms with Gasteiger partial charge in [-0.2, -0.15) is 0 Å². The van der Waals surface area contributed by atoms with Crippen LogP contribution in [0.3, 0.4) is 0 Å². The average Bonchev–Trinajstić information content (AvgIpc) is 3.67. The van der Waals surface area contributed by atoms with Crippen LogP contribution < -0.4 is 26.6 Å². The second-order valence-corrected chi connectivity index (χ2v) is 8.91. The molecule has 0 atom stereocenters. The highest BCUT2D eigenvalue weighted by Crippen LogP contribution is 2.13. The van der Waals surface area contributed by atoms with Crippen molar-refractivity contribution in [2.75, 3.05) is 52.4 Å². The molecule has 0 bridgehead atoms. The molecule has 0 radical (unpaired) electrons. The first-order valence-electron chi connectivity index (χ1n) is 13.1. The predicted octanol–water partition coefficient (Wildman–Crippen LogP) is 3.55. The van der Waals surface area contributed by atoms with Gasteiger partial charge in [0, 0.05) is 13.1 Å². The third kappa shape index (κ3) is 14.7. The standard InChI is InChI=1S/C8H9N.2C5H11N.2C4H9N/c1-2-4-8-6-9-5-7(8)3-1;2*1-2-4-6-5-3-1;2*1-2-4-5-3-1/h1-4,9H,5-6H2;2*6H,1-5H2;2*5H,1-4H2. The highest BCUT2D eigenvalue weighted by molar-refractivity contribution is 5.29. The zero-order chi connectivity index (χ0) is 21.7. The lowest BCUT2D eigenvalue weighted by molar-refractivity contribution is 0.520. The molecule has 5 N–H and O–H groups in total. The van der Waals surface area contributed by atoms with Crippen LogP contribution in [0.5, 0.6) is 0 Å². The fourth-order valence-electron chi connectivity index (χ4n) is 4.09. The molecule has 1 aromatic carbocycles. The van der Waals surface area contributed by atoms with E-state index in [1.807, 2.05) is 0 Å². The van der Waals surface area contributed by atoms with Crippen LogP contribution in [0.2, 0.25) is 0 Å². The Labute approximate surface area is 191 Å². The summed E-state index contributed by atoms with van der Waals surface area (Å²) in [7, 11) is 0. The molecule has 0 aliphatic carbocycles. The molecule has 4 fully saturated rings. The van der Waals surface area contributed by atoms with Crippen molar-refractivity contribution in [1.82, 2.24) is 26.6 Å². The molecule has 31 heavy (non-hydrogen) atoms. The van der Waals surface area contributed by atoms with Gasteiger partial charge in [0.25, 0.3) is 0 Å². The van der Waals surface area contributed by atoms with Gasteiger partial charge >= 0.3 is 0 Å². The van der Waals surface area contributed by atoms with Gasteiger partial charge in [-0.05, 0) is 115 Å². The molecule has 5 heteroatoms. The van der Waals surface area contributed by atoms with Crippen molar-refractivity contribution in [2.45, 2.75) is 77.3 Å². The fourth-order valence-corrected chi connectivity index (χ4v) is 4.09. The molecule has 5 aliphatic heterocycles. The summed E-state index contributed by atoms with van der Waals surface area (Å²) < 4.78 is 0. The van der Waals surface area contributed by atoms with Crippen molar-refractivity contribution in [1.29, 1.82) is 0 Å². The van der Waals surface area contributed by atoms with Gasteiger partial charge in [-0.1, -0.05) is 37.1 Å². The van der Waals surface area contributed by atoms with E-state index < -0.39 is 0 Å². The zero-order valence-corrected chi connectivity index (χ0v) is 20.0. The minimum absolute atomic E-state index is 1.05. The quantitative estimate of drug-likeness (QED) is 0.435. The number of hydrogen-bond donors (Lipinski definition) is 5. The maximum Gasteiger partial charge on any atom is 0.0211 e. The maximum absolute atomic E-state index is 3.29. The molecule has 1 aromatic rings. The largest absolute Gasteiger partial charge is 0.317 e. The molecule has 0 unspecified atom stereocenters. The summed E-state index contributed by atoms with van der Waals surface area (Å²) in [5, 5.41) is 16.3. The van der Waals surface area contributed by atoms with Gasteiger partial charge in [-0.3, -0.25) is 0 Å². The first-order chi connectivity index (χ1) is 15.5. The topological polar surface area (TPSA) is 60.1 Å². The summed E-state index contributed by atoms with van der Waals surface area (Å²) in [5.74, 6) is 0. The lowest BCUT2D eigenvalue weighted by Gasteiger charge is -2.08. The third-order valence-electron chi connectivity index (χ3n) is 6.08. The van der Waals surface area contributed by atoms with Crippen molar-refractivity contribution >= 4 is 0 Å². The van der Waals surface area contributed by atoms with E-state index in [1.165, 1.54) is 128 Å². The number of rotatable bonds is 0. The summed E-state index contributed by atoms with van der Waals surface area (Å²) in [6.45, 7) is 12.1. The van der Waals surface area contributed by atoms with E-state index in [0.29, 0.717) is 0 Å². The highest BCUT2D eigenvalue weighted by Gasteiger charge is 2.06. The van der Waals surface area contributed by atoms with E-state index in [0.717, 1.165) is 13.1 Å². The summed E-state index contributed by atoms with van der Waals surface area (Å²) in [6.07, 6.45) is 14.0. The molecule has 4 saturated heterocycles. The second-order valence-electron chi connectivity index (χ2n) is 8.91. The summed E-state index contributed by atoms with van der Waals surface area (Å²) in [6, 6.07) is 8.53. The Morgan fingerprint density at radius 3 is 0.871 bits per heavy atom. The number of nitrogens with one attached hydrogen (secondary N) is 5. The predicted molar refractivity (Wildman–Crippen MR) is 135 cm³/mol. The van der Waals surface area contributed by atoms with Crippen molar-refractivity contribution in [2.24, 2.45) is 0 Å². The van der Waals surface area contributed by atoms with E-state index in [-0.39, 0.29) is 0 Å². The van der Waals surface area contributed by atoms with E-state index in [4.69, 9.17) is 0 Å². The van der Waals surface area contributed by atoms with Gasteiger partial charge in [0.1, 0.15) is 0 Å². The smallest absolute Gasteiger partial charge is 0.0211 e. The van der Waals surface area contributed by atoms with Gasteiger partial charge in [-0.15, -0.1) is 0 Å². The number of benzene rings is 1. The number of fused-ring (bicyclic) bond motifs is 1.